The number of nitrogens with zero attached hydrogens (tertiary/aromatic N) is 1. The van der Waals surface area contributed by atoms with Crippen molar-refractivity contribution < 1.29 is 4.39 Å². The molecule has 0 aliphatic carbocycles. The van der Waals surface area contributed by atoms with E-state index in [1.54, 1.807) is 13.0 Å². The fourth-order valence-electron chi connectivity index (χ4n) is 1.89. The van der Waals surface area contributed by atoms with Gasteiger partial charge in [-0.1, -0.05) is 32.6 Å². The van der Waals surface area contributed by atoms with E-state index in [1.165, 1.54) is 18.7 Å². The number of allylic oxidation sites excluding steroid dienone is 2. The Balaban J connectivity index is 3.36. The molecule has 1 unspecified atom stereocenters. The highest BCUT2D eigenvalue weighted by molar-refractivity contribution is 6.10. The highest BCUT2D eigenvalue weighted by atomic mass is 19.1. The molecule has 0 N–H and O–H groups in total. The molecule has 20 heavy (non-hydrogen) atoms. The van der Waals surface area contributed by atoms with Crippen LogP contribution >= 0.6 is 0 Å². The van der Waals surface area contributed by atoms with E-state index in [0.29, 0.717) is 11.5 Å². The molecule has 2 heteroatoms. The fraction of sp³-hybridized carbons (Fsp3) is 0.389. The highest BCUT2D eigenvalue weighted by Crippen LogP contribution is 2.20. The van der Waals surface area contributed by atoms with Crippen LogP contribution in [0, 0.1) is 6.92 Å². The molecule has 1 aromatic rings. The van der Waals surface area contributed by atoms with Crippen molar-refractivity contribution in [3.63, 3.8) is 0 Å². The number of hydrogen-bond acceptors (Lipinski definition) is 1. The summed E-state index contributed by atoms with van der Waals surface area (Å²) in [6.45, 7) is 13.3. The van der Waals surface area contributed by atoms with Gasteiger partial charge in [-0.2, -0.15) is 0 Å². The molecular formula is C18H24FN. The van der Waals surface area contributed by atoms with E-state index in [2.05, 4.69) is 43.6 Å². The van der Waals surface area contributed by atoms with Crippen molar-refractivity contribution in [2.45, 2.75) is 46.7 Å². The third kappa shape index (κ3) is 4.16. The first-order valence-corrected chi connectivity index (χ1v) is 6.98. The molecule has 0 aliphatic heterocycles. The summed E-state index contributed by atoms with van der Waals surface area (Å²) in [5.74, 6) is 0.449. The Hall–Kier alpha value is -1.70. The minimum atomic E-state index is -0.974. The van der Waals surface area contributed by atoms with Crippen molar-refractivity contribution in [3.05, 3.63) is 59.3 Å². The Morgan fingerprint density at radius 2 is 1.95 bits per heavy atom. The van der Waals surface area contributed by atoms with Crippen molar-refractivity contribution in [1.82, 2.24) is 0 Å². The summed E-state index contributed by atoms with van der Waals surface area (Å²) < 4.78 is 13.4. The Labute approximate surface area is 121 Å². The minimum absolute atomic E-state index is 0.449. The number of rotatable bonds is 5. The Bertz CT molecular complexity index is 536. The van der Waals surface area contributed by atoms with Crippen LogP contribution in [-0.2, 0) is 0 Å². The molecule has 1 nitrogen and oxygen atoms in total. The van der Waals surface area contributed by atoms with Gasteiger partial charge in [0.2, 0.25) is 0 Å². The number of hydrogen-bond donors (Lipinski definition) is 0. The van der Waals surface area contributed by atoms with Crippen molar-refractivity contribution in [3.8, 4) is 0 Å². The summed E-state index contributed by atoms with van der Waals surface area (Å²) in [7, 11) is 0. The summed E-state index contributed by atoms with van der Waals surface area (Å²) in [5, 5.41) is 0. The zero-order valence-electron chi connectivity index (χ0n) is 13.1. The van der Waals surface area contributed by atoms with Crippen LogP contribution in [0.4, 0.5) is 4.39 Å². The minimum Gasteiger partial charge on any atom is -0.257 e. The predicted octanol–water partition coefficient (Wildman–Crippen LogP) is 5.36. The lowest BCUT2D eigenvalue weighted by atomic mass is 9.94. The summed E-state index contributed by atoms with van der Waals surface area (Å²) in [6, 6.07) is 6.35. The van der Waals surface area contributed by atoms with Crippen LogP contribution in [0.15, 0.2) is 47.6 Å². The second-order valence-corrected chi connectivity index (χ2v) is 5.43. The van der Waals surface area contributed by atoms with E-state index in [1.807, 2.05) is 6.92 Å². The first-order valence-electron chi connectivity index (χ1n) is 6.98. The highest BCUT2D eigenvalue weighted by Gasteiger charge is 2.10. The molecule has 0 spiro atoms. The maximum Gasteiger partial charge on any atom is 0.118 e. The van der Waals surface area contributed by atoms with Crippen LogP contribution < -0.4 is 0 Å². The van der Waals surface area contributed by atoms with Gasteiger partial charge in [0.15, 0.2) is 0 Å². The molecule has 1 aromatic carbocycles. The smallest absolute Gasteiger partial charge is 0.118 e. The van der Waals surface area contributed by atoms with Crippen LogP contribution in [0.2, 0.25) is 0 Å². The van der Waals surface area contributed by atoms with Crippen molar-refractivity contribution in [1.29, 1.82) is 0 Å². The first kappa shape index (κ1) is 16.4. The second kappa shape index (κ2) is 7.18. The topological polar surface area (TPSA) is 12.4 Å². The average Bonchev–Trinajstić information content (AvgIpc) is 2.38. The molecular weight excluding hydrogens is 249 g/mol. The van der Waals surface area contributed by atoms with E-state index in [9.17, 15) is 4.39 Å². The lowest BCUT2D eigenvalue weighted by molar-refractivity contribution is 0.411. The van der Waals surface area contributed by atoms with Gasteiger partial charge in [0.05, 0.1) is 5.71 Å². The normalized spacial score (nSPS) is 14.6. The SMILES string of the molecule is C=C/N=C(\C=C(/C)C(C)F)c1cc(C(C)C)ccc1C. The molecule has 0 aliphatic rings. The van der Waals surface area contributed by atoms with Gasteiger partial charge in [-0.3, -0.25) is 4.99 Å². The molecule has 0 bridgehead atoms. The summed E-state index contributed by atoms with van der Waals surface area (Å²) >= 11 is 0. The van der Waals surface area contributed by atoms with Crippen LogP contribution in [0.1, 0.15) is 50.3 Å². The Kier molecular flexibility index (Phi) is 5.87. The van der Waals surface area contributed by atoms with Gasteiger partial charge in [-0.05, 0) is 55.5 Å². The fourth-order valence-corrected chi connectivity index (χ4v) is 1.89. The van der Waals surface area contributed by atoms with Gasteiger partial charge >= 0.3 is 0 Å². The van der Waals surface area contributed by atoms with Gasteiger partial charge in [-0.25, -0.2) is 4.39 Å². The van der Waals surface area contributed by atoms with Gasteiger partial charge in [0.25, 0.3) is 0 Å². The lowest BCUT2D eigenvalue weighted by Crippen LogP contribution is -2.05. The molecule has 108 valence electrons. The third-order valence-electron chi connectivity index (χ3n) is 3.43. The molecule has 0 heterocycles. The van der Waals surface area contributed by atoms with Crippen LogP contribution in [0.25, 0.3) is 0 Å². The van der Waals surface area contributed by atoms with Gasteiger partial charge in [0.1, 0.15) is 6.17 Å². The van der Waals surface area contributed by atoms with Gasteiger partial charge in [-0.15, -0.1) is 0 Å². The van der Waals surface area contributed by atoms with Crippen molar-refractivity contribution in [2.75, 3.05) is 0 Å². The van der Waals surface area contributed by atoms with Crippen LogP contribution in [-0.4, -0.2) is 11.9 Å². The zero-order valence-corrected chi connectivity index (χ0v) is 13.1. The molecule has 1 atom stereocenters. The second-order valence-electron chi connectivity index (χ2n) is 5.43. The van der Waals surface area contributed by atoms with Crippen LogP contribution in [0.3, 0.4) is 0 Å². The Morgan fingerprint density at radius 1 is 1.30 bits per heavy atom. The molecule has 0 fully saturated rings. The number of halogens is 1. The molecule has 0 saturated heterocycles. The molecule has 0 amide bonds. The molecule has 1 rings (SSSR count). The molecule has 0 radical (unpaired) electrons. The van der Waals surface area contributed by atoms with Crippen molar-refractivity contribution in [2.24, 2.45) is 4.99 Å². The maximum absolute atomic E-state index is 13.4. The zero-order chi connectivity index (χ0) is 15.3. The summed E-state index contributed by atoms with van der Waals surface area (Å²) in [4.78, 5) is 4.32. The third-order valence-corrected chi connectivity index (χ3v) is 3.43. The average molecular weight is 273 g/mol. The standard InChI is InChI=1S/C18H24FN/c1-7-20-18(10-14(5)15(6)19)17-11-16(12(2)3)9-8-13(17)4/h7-12,15H,1H2,2-6H3/b14-10+,20-18+. The summed E-state index contributed by atoms with van der Waals surface area (Å²) in [6.07, 6.45) is 2.33. The van der Waals surface area contributed by atoms with E-state index < -0.39 is 6.17 Å². The van der Waals surface area contributed by atoms with Gasteiger partial charge < -0.3 is 0 Å². The van der Waals surface area contributed by atoms with E-state index in [4.69, 9.17) is 0 Å². The maximum atomic E-state index is 13.4. The summed E-state index contributed by atoms with van der Waals surface area (Å²) in [5.41, 5.74) is 4.85. The largest absolute Gasteiger partial charge is 0.257 e. The van der Waals surface area contributed by atoms with E-state index in [-0.39, 0.29) is 0 Å². The monoisotopic (exact) mass is 273 g/mol. The van der Waals surface area contributed by atoms with Crippen molar-refractivity contribution >= 4 is 5.71 Å². The van der Waals surface area contributed by atoms with E-state index >= 15 is 0 Å². The molecule has 0 aromatic heterocycles. The quantitative estimate of drug-likeness (QED) is 0.641. The number of benzene rings is 1. The number of alkyl halides is 1. The van der Waals surface area contributed by atoms with Crippen LogP contribution in [0.5, 0.6) is 0 Å². The predicted molar refractivity (Wildman–Crippen MR) is 86.3 cm³/mol. The molecule has 0 saturated carbocycles. The Morgan fingerprint density at radius 3 is 2.45 bits per heavy atom. The van der Waals surface area contributed by atoms with E-state index in [0.717, 1.165) is 16.8 Å². The first-order chi connectivity index (χ1) is 9.36. The number of aliphatic imine (C=N–C) groups is 1. The lowest BCUT2D eigenvalue weighted by Gasteiger charge is -2.12. The van der Waals surface area contributed by atoms with Gasteiger partial charge in [0, 0.05) is 11.8 Å². The number of aryl methyl sites for hydroxylation is 1.